The number of ether oxygens (including phenoxy) is 2. The molecule has 23 heavy (non-hydrogen) atoms. The van der Waals surface area contributed by atoms with Crippen LogP contribution in [-0.2, 0) is 9.53 Å². The molecule has 1 saturated carbocycles. The number of anilines is 1. The molecular weight excluding hydrogens is 296 g/mol. The molecule has 1 aromatic carbocycles. The zero-order valence-electron chi connectivity index (χ0n) is 13.2. The fourth-order valence-electron chi connectivity index (χ4n) is 3.96. The van der Waals surface area contributed by atoms with E-state index in [0.717, 1.165) is 32.1 Å². The van der Waals surface area contributed by atoms with Crippen molar-refractivity contribution in [1.29, 1.82) is 0 Å². The van der Waals surface area contributed by atoms with Crippen LogP contribution in [0.3, 0.4) is 0 Å². The van der Waals surface area contributed by atoms with Crippen LogP contribution in [0.5, 0.6) is 5.75 Å². The van der Waals surface area contributed by atoms with Gasteiger partial charge in [0.25, 0.3) is 5.91 Å². The highest BCUT2D eigenvalue weighted by atomic mass is 16.5. The second-order valence-corrected chi connectivity index (χ2v) is 6.36. The van der Waals surface area contributed by atoms with E-state index < -0.39 is 11.8 Å². The van der Waals surface area contributed by atoms with Crippen LogP contribution in [0.25, 0.3) is 0 Å². The van der Waals surface area contributed by atoms with Crippen molar-refractivity contribution in [3.05, 3.63) is 24.3 Å². The Bertz CT molecular complexity index is 636. The number of fused-ring (bicyclic) bond motifs is 2. The van der Waals surface area contributed by atoms with Gasteiger partial charge in [0.15, 0.2) is 0 Å². The SMILES string of the molecule is COc1ccc(N2C(=O)[C@H]3COC4(CCCCC4)N3C2=O)cc1. The second-order valence-electron chi connectivity index (χ2n) is 6.36. The summed E-state index contributed by atoms with van der Waals surface area (Å²) in [6.45, 7) is 0.303. The highest BCUT2D eigenvalue weighted by Crippen LogP contribution is 2.44. The number of hydrogen-bond acceptors (Lipinski definition) is 4. The zero-order valence-corrected chi connectivity index (χ0v) is 13.2. The fourth-order valence-corrected chi connectivity index (χ4v) is 3.96. The molecule has 3 aliphatic rings. The number of imide groups is 1. The first-order chi connectivity index (χ1) is 11.2. The Morgan fingerprint density at radius 1 is 1.13 bits per heavy atom. The monoisotopic (exact) mass is 316 g/mol. The van der Waals surface area contributed by atoms with Crippen LogP contribution >= 0.6 is 0 Å². The van der Waals surface area contributed by atoms with Crippen molar-refractivity contribution in [2.75, 3.05) is 18.6 Å². The summed E-state index contributed by atoms with van der Waals surface area (Å²) in [6, 6.07) is 6.25. The largest absolute Gasteiger partial charge is 0.497 e. The van der Waals surface area contributed by atoms with Gasteiger partial charge in [-0.2, -0.15) is 0 Å². The number of carbonyl (C=O) groups is 2. The van der Waals surface area contributed by atoms with Gasteiger partial charge in [-0.15, -0.1) is 0 Å². The van der Waals surface area contributed by atoms with Crippen molar-refractivity contribution in [3.63, 3.8) is 0 Å². The topological polar surface area (TPSA) is 59.1 Å². The van der Waals surface area contributed by atoms with Crippen molar-refractivity contribution < 1.29 is 19.1 Å². The Morgan fingerprint density at radius 2 is 1.83 bits per heavy atom. The molecule has 1 aliphatic carbocycles. The van der Waals surface area contributed by atoms with E-state index in [-0.39, 0.29) is 11.9 Å². The Labute approximate surface area is 134 Å². The molecule has 3 fully saturated rings. The standard InChI is InChI=1S/C17H20N2O4/c1-22-13-7-5-12(6-8-13)18-15(20)14-11-23-17(19(14)16(18)21)9-3-2-4-10-17/h5-8,14H,2-4,9-11H2,1H3/t14-/m1/s1. The van der Waals surface area contributed by atoms with Crippen LogP contribution in [-0.4, -0.2) is 42.3 Å². The molecule has 1 aromatic rings. The smallest absolute Gasteiger partial charge is 0.334 e. The summed E-state index contributed by atoms with van der Waals surface area (Å²) in [7, 11) is 1.58. The van der Waals surface area contributed by atoms with Crippen molar-refractivity contribution in [2.45, 2.75) is 43.9 Å². The summed E-state index contributed by atoms with van der Waals surface area (Å²) in [5.41, 5.74) is 0.0119. The second kappa shape index (κ2) is 5.23. The third kappa shape index (κ3) is 2.05. The molecule has 1 spiro atoms. The van der Waals surface area contributed by atoms with Gasteiger partial charge in [-0.3, -0.25) is 9.69 Å². The van der Waals surface area contributed by atoms with E-state index in [1.807, 2.05) is 0 Å². The Balaban J connectivity index is 1.66. The summed E-state index contributed by atoms with van der Waals surface area (Å²) in [6.07, 6.45) is 4.87. The Hall–Kier alpha value is -2.08. The summed E-state index contributed by atoms with van der Waals surface area (Å²) in [5.74, 6) is 0.503. The van der Waals surface area contributed by atoms with Crippen molar-refractivity contribution >= 4 is 17.6 Å². The number of benzene rings is 1. The minimum Gasteiger partial charge on any atom is -0.497 e. The minimum atomic E-state index is -0.573. The summed E-state index contributed by atoms with van der Waals surface area (Å²) >= 11 is 0. The van der Waals surface area contributed by atoms with E-state index in [4.69, 9.17) is 9.47 Å². The molecule has 4 rings (SSSR count). The Kier molecular flexibility index (Phi) is 3.30. The summed E-state index contributed by atoms with van der Waals surface area (Å²) in [5, 5.41) is 0. The average molecular weight is 316 g/mol. The maximum absolute atomic E-state index is 12.9. The number of carbonyl (C=O) groups excluding carboxylic acids is 2. The first-order valence-corrected chi connectivity index (χ1v) is 8.12. The van der Waals surface area contributed by atoms with E-state index in [9.17, 15) is 9.59 Å². The molecule has 1 atom stereocenters. The molecule has 0 N–H and O–H groups in total. The molecule has 0 aromatic heterocycles. The van der Waals surface area contributed by atoms with Gasteiger partial charge >= 0.3 is 6.03 Å². The number of methoxy groups -OCH3 is 1. The summed E-state index contributed by atoms with van der Waals surface area (Å²) in [4.78, 5) is 28.6. The van der Waals surface area contributed by atoms with Gasteiger partial charge < -0.3 is 9.47 Å². The minimum absolute atomic E-state index is 0.192. The van der Waals surface area contributed by atoms with Crippen LogP contribution in [0.2, 0.25) is 0 Å². The molecule has 122 valence electrons. The lowest BCUT2D eigenvalue weighted by molar-refractivity contribution is -0.119. The highest BCUT2D eigenvalue weighted by Gasteiger charge is 2.60. The van der Waals surface area contributed by atoms with Gasteiger partial charge in [0.2, 0.25) is 0 Å². The van der Waals surface area contributed by atoms with Crippen LogP contribution in [0.15, 0.2) is 24.3 Å². The number of hydrogen-bond donors (Lipinski definition) is 0. The third-order valence-electron chi connectivity index (χ3n) is 5.13. The van der Waals surface area contributed by atoms with Crippen LogP contribution < -0.4 is 9.64 Å². The molecule has 2 aliphatic heterocycles. The number of rotatable bonds is 2. The lowest BCUT2D eigenvalue weighted by Gasteiger charge is -2.39. The number of amides is 3. The van der Waals surface area contributed by atoms with Gasteiger partial charge in [-0.05, 0) is 49.9 Å². The van der Waals surface area contributed by atoms with Gasteiger partial charge in [-0.1, -0.05) is 6.42 Å². The number of urea groups is 1. The maximum atomic E-state index is 12.9. The molecular formula is C17H20N2O4. The van der Waals surface area contributed by atoms with E-state index in [2.05, 4.69) is 0 Å². The normalized spacial score (nSPS) is 26.0. The molecule has 2 saturated heterocycles. The molecule has 6 nitrogen and oxygen atoms in total. The van der Waals surface area contributed by atoms with E-state index in [1.54, 1.807) is 36.3 Å². The third-order valence-corrected chi connectivity index (χ3v) is 5.13. The maximum Gasteiger partial charge on any atom is 0.334 e. The predicted octanol–water partition coefficient (Wildman–Crippen LogP) is 2.52. The average Bonchev–Trinajstić information content (AvgIpc) is 3.06. The zero-order chi connectivity index (χ0) is 16.0. The molecule has 0 bridgehead atoms. The lowest BCUT2D eigenvalue weighted by Crippen LogP contribution is -2.50. The van der Waals surface area contributed by atoms with Crippen molar-refractivity contribution in [1.82, 2.24) is 4.90 Å². The van der Waals surface area contributed by atoms with E-state index >= 15 is 0 Å². The molecule has 2 heterocycles. The highest BCUT2D eigenvalue weighted by molar-refractivity contribution is 6.21. The van der Waals surface area contributed by atoms with Gasteiger partial charge in [-0.25, -0.2) is 9.69 Å². The van der Waals surface area contributed by atoms with Crippen molar-refractivity contribution in [2.24, 2.45) is 0 Å². The van der Waals surface area contributed by atoms with Crippen LogP contribution in [0.4, 0.5) is 10.5 Å². The fraction of sp³-hybridized carbons (Fsp3) is 0.529. The molecule has 0 unspecified atom stereocenters. The molecule has 0 radical (unpaired) electrons. The van der Waals surface area contributed by atoms with E-state index in [0.29, 0.717) is 18.0 Å². The Morgan fingerprint density at radius 3 is 2.48 bits per heavy atom. The molecule has 3 amide bonds. The first-order valence-electron chi connectivity index (χ1n) is 8.12. The van der Waals surface area contributed by atoms with Crippen LogP contribution in [0, 0.1) is 0 Å². The first kappa shape index (κ1) is 14.5. The lowest BCUT2D eigenvalue weighted by atomic mass is 9.90. The van der Waals surface area contributed by atoms with Crippen molar-refractivity contribution in [3.8, 4) is 5.75 Å². The predicted molar refractivity (Wildman–Crippen MR) is 83.3 cm³/mol. The van der Waals surface area contributed by atoms with Crippen LogP contribution in [0.1, 0.15) is 32.1 Å². The van der Waals surface area contributed by atoms with E-state index in [1.165, 1.54) is 4.90 Å². The summed E-state index contributed by atoms with van der Waals surface area (Å²) < 4.78 is 11.1. The number of nitrogens with zero attached hydrogens (tertiary/aromatic N) is 2. The molecule has 6 heteroatoms. The van der Waals surface area contributed by atoms with Gasteiger partial charge in [0.1, 0.15) is 17.5 Å². The van der Waals surface area contributed by atoms with Gasteiger partial charge in [0, 0.05) is 0 Å². The quantitative estimate of drug-likeness (QED) is 0.787. The van der Waals surface area contributed by atoms with Gasteiger partial charge in [0.05, 0.1) is 19.4 Å².